The average Bonchev–Trinajstić information content (AvgIpc) is 2.63. The van der Waals surface area contributed by atoms with Gasteiger partial charge in [-0.3, -0.25) is 4.99 Å². The van der Waals surface area contributed by atoms with Crippen LogP contribution in [0.5, 0.6) is 0 Å². The van der Waals surface area contributed by atoms with Crippen LogP contribution < -0.4 is 4.90 Å². The molecule has 1 heterocycles. The van der Waals surface area contributed by atoms with Gasteiger partial charge in [-0.1, -0.05) is 13.8 Å². The van der Waals surface area contributed by atoms with E-state index in [0.717, 1.165) is 30.6 Å². The minimum Gasteiger partial charge on any atom is -0.478 e. The molecule has 4 heteroatoms. The van der Waals surface area contributed by atoms with Crippen LogP contribution in [0, 0.1) is 6.92 Å². The van der Waals surface area contributed by atoms with Gasteiger partial charge in [-0.2, -0.15) is 0 Å². The van der Waals surface area contributed by atoms with Gasteiger partial charge in [0.1, 0.15) is 0 Å². The van der Waals surface area contributed by atoms with E-state index in [0.29, 0.717) is 5.92 Å². The van der Waals surface area contributed by atoms with Crippen molar-refractivity contribution in [1.82, 2.24) is 0 Å². The number of carboxylic acid groups (broad SMARTS) is 1. The number of rotatable bonds is 5. The second-order valence-corrected chi connectivity index (χ2v) is 8.45. The number of carboxylic acids is 1. The molecule has 0 aromatic heterocycles. The van der Waals surface area contributed by atoms with Crippen molar-refractivity contribution in [2.75, 3.05) is 11.4 Å². The number of aryl methyl sites for hydroxylation is 1. The van der Waals surface area contributed by atoms with Gasteiger partial charge in [-0.15, -0.1) is 0 Å². The molecule has 0 spiro atoms. The van der Waals surface area contributed by atoms with Crippen LogP contribution in [-0.2, 0) is 0 Å². The molecule has 4 nitrogen and oxygen atoms in total. The molecule has 2 aromatic rings. The van der Waals surface area contributed by atoms with E-state index in [1.807, 2.05) is 6.21 Å². The van der Waals surface area contributed by atoms with Gasteiger partial charge in [0.2, 0.25) is 0 Å². The Hall–Kier alpha value is -2.62. The summed E-state index contributed by atoms with van der Waals surface area (Å²) in [6.07, 6.45) is 4.16. The monoisotopic (exact) mass is 378 g/mol. The molecule has 3 rings (SSSR count). The van der Waals surface area contributed by atoms with Crippen LogP contribution in [0.2, 0.25) is 0 Å². The summed E-state index contributed by atoms with van der Waals surface area (Å²) in [5.74, 6) is -0.421. The molecule has 0 saturated carbocycles. The smallest absolute Gasteiger partial charge is 0.335 e. The molecular formula is C24H30N2O2. The Bertz CT molecular complexity index is 898. The van der Waals surface area contributed by atoms with Gasteiger partial charge in [0.25, 0.3) is 0 Å². The zero-order chi connectivity index (χ0) is 20.5. The summed E-state index contributed by atoms with van der Waals surface area (Å²) in [5, 5.41) is 9.01. The van der Waals surface area contributed by atoms with Gasteiger partial charge >= 0.3 is 5.97 Å². The number of benzene rings is 2. The molecule has 1 aliphatic rings. The first-order chi connectivity index (χ1) is 13.2. The Kier molecular flexibility index (Phi) is 5.59. The first-order valence-electron chi connectivity index (χ1n) is 10.0. The molecule has 0 saturated heterocycles. The van der Waals surface area contributed by atoms with Crippen LogP contribution >= 0.6 is 0 Å². The van der Waals surface area contributed by atoms with Crippen LogP contribution in [0.25, 0.3) is 0 Å². The fraction of sp³-hybridized carbons (Fsp3) is 0.417. The van der Waals surface area contributed by atoms with Gasteiger partial charge < -0.3 is 10.0 Å². The van der Waals surface area contributed by atoms with Gasteiger partial charge in [0.15, 0.2) is 0 Å². The molecule has 0 bridgehead atoms. The summed E-state index contributed by atoms with van der Waals surface area (Å²) in [6, 6.07) is 11.2. The van der Waals surface area contributed by atoms with Crippen molar-refractivity contribution in [3.8, 4) is 0 Å². The standard InChI is InChI=1S/C24H30N2O2/c1-6-11-26-22-12-16(2)19(13-21(22)17(3)14-24(26,4)5)15-25-20-9-7-18(8-10-20)23(27)28/h7-10,12-13,15,17H,6,11,14H2,1-5H3,(H,27,28). The van der Waals surface area contributed by atoms with Crippen molar-refractivity contribution in [3.05, 3.63) is 58.7 Å². The maximum absolute atomic E-state index is 11.0. The van der Waals surface area contributed by atoms with Crippen molar-refractivity contribution in [2.24, 2.45) is 4.99 Å². The van der Waals surface area contributed by atoms with Gasteiger partial charge in [-0.05, 0) is 92.6 Å². The molecule has 0 radical (unpaired) electrons. The minimum atomic E-state index is -0.922. The lowest BCUT2D eigenvalue weighted by Crippen LogP contribution is -2.48. The summed E-state index contributed by atoms with van der Waals surface area (Å²) in [4.78, 5) is 18.1. The molecule has 0 amide bonds. The third-order valence-corrected chi connectivity index (χ3v) is 5.69. The molecule has 1 atom stereocenters. The van der Waals surface area contributed by atoms with E-state index < -0.39 is 5.97 Å². The molecule has 2 aromatic carbocycles. The maximum atomic E-state index is 11.0. The highest BCUT2D eigenvalue weighted by molar-refractivity contribution is 5.89. The minimum absolute atomic E-state index is 0.163. The van der Waals surface area contributed by atoms with Crippen molar-refractivity contribution >= 4 is 23.6 Å². The van der Waals surface area contributed by atoms with Crippen molar-refractivity contribution in [1.29, 1.82) is 0 Å². The highest BCUT2D eigenvalue weighted by Gasteiger charge is 2.36. The van der Waals surface area contributed by atoms with Crippen molar-refractivity contribution < 1.29 is 9.90 Å². The average molecular weight is 379 g/mol. The largest absolute Gasteiger partial charge is 0.478 e. The molecule has 0 aliphatic carbocycles. The number of nitrogens with zero attached hydrogens (tertiary/aromatic N) is 2. The summed E-state index contributed by atoms with van der Waals surface area (Å²) in [7, 11) is 0. The van der Waals surface area contributed by atoms with Crippen LogP contribution in [-0.4, -0.2) is 29.4 Å². The maximum Gasteiger partial charge on any atom is 0.335 e. The third-order valence-electron chi connectivity index (χ3n) is 5.69. The first kappa shape index (κ1) is 20.1. The lowest BCUT2D eigenvalue weighted by molar-refractivity contribution is 0.0697. The number of fused-ring (bicyclic) bond motifs is 1. The Morgan fingerprint density at radius 3 is 2.57 bits per heavy atom. The fourth-order valence-electron chi connectivity index (χ4n) is 4.27. The van der Waals surface area contributed by atoms with Gasteiger partial charge in [0, 0.05) is 24.0 Å². The van der Waals surface area contributed by atoms with E-state index in [1.165, 1.54) is 16.8 Å². The third kappa shape index (κ3) is 3.96. The Morgan fingerprint density at radius 2 is 1.96 bits per heavy atom. The van der Waals surface area contributed by atoms with Crippen molar-refractivity contribution in [2.45, 2.75) is 58.9 Å². The van der Waals surface area contributed by atoms with Gasteiger partial charge in [0.05, 0.1) is 11.3 Å². The summed E-state index contributed by atoms with van der Waals surface area (Å²) in [5.41, 5.74) is 6.25. The van der Waals surface area contributed by atoms with E-state index in [9.17, 15) is 4.79 Å². The van der Waals surface area contributed by atoms with Crippen LogP contribution in [0.15, 0.2) is 41.4 Å². The summed E-state index contributed by atoms with van der Waals surface area (Å²) < 4.78 is 0. The van der Waals surface area contributed by atoms with E-state index in [4.69, 9.17) is 5.11 Å². The molecular weight excluding hydrogens is 348 g/mol. The van der Waals surface area contributed by atoms with E-state index in [2.05, 4.69) is 56.6 Å². The second kappa shape index (κ2) is 7.78. The first-order valence-corrected chi connectivity index (χ1v) is 10.0. The molecule has 1 N–H and O–H groups in total. The molecule has 1 aliphatic heterocycles. The number of anilines is 1. The molecule has 1 unspecified atom stereocenters. The number of aliphatic imine (C=N–C) groups is 1. The fourth-order valence-corrected chi connectivity index (χ4v) is 4.27. The lowest BCUT2D eigenvalue weighted by Gasteiger charge is -2.48. The number of carbonyl (C=O) groups is 1. The Labute approximate surface area is 167 Å². The van der Waals surface area contributed by atoms with E-state index >= 15 is 0 Å². The van der Waals surface area contributed by atoms with E-state index in [1.54, 1.807) is 24.3 Å². The zero-order valence-electron chi connectivity index (χ0n) is 17.5. The molecule has 148 valence electrons. The Morgan fingerprint density at radius 1 is 1.29 bits per heavy atom. The summed E-state index contributed by atoms with van der Waals surface area (Å²) in [6.45, 7) is 12.4. The van der Waals surface area contributed by atoms with Crippen LogP contribution in [0.4, 0.5) is 11.4 Å². The lowest BCUT2D eigenvalue weighted by atomic mass is 9.79. The predicted molar refractivity (Wildman–Crippen MR) is 117 cm³/mol. The SMILES string of the molecule is CCCN1c2cc(C)c(C=Nc3ccc(C(=O)O)cc3)cc2C(C)CC1(C)C. The van der Waals surface area contributed by atoms with Crippen LogP contribution in [0.3, 0.4) is 0 Å². The zero-order valence-corrected chi connectivity index (χ0v) is 17.5. The number of hydrogen-bond donors (Lipinski definition) is 1. The second-order valence-electron chi connectivity index (χ2n) is 8.45. The highest BCUT2D eigenvalue weighted by Crippen LogP contribution is 2.44. The number of aromatic carboxylic acids is 1. The van der Waals surface area contributed by atoms with E-state index in [-0.39, 0.29) is 11.1 Å². The topological polar surface area (TPSA) is 52.9 Å². The van der Waals surface area contributed by atoms with Crippen molar-refractivity contribution in [3.63, 3.8) is 0 Å². The normalized spacial score (nSPS) is 18.3. The summed E-state index contributed by atoms with van der Waals surface area (Å²) >= 11 is 0. The highest BCUT2D eigenvalue weighted by atomic mass is 16.4. The van der Waals surface area contributed by atoms with Gasteiger partial charge in [-0.25, -0.2) is 4.79 Å². The molecule has 28 heavy (non-hydrogen) atoms. The number of hydrogen-bond acceptors (Lipinski definition) is 3. The predicted octanol–water partition coefficient (Wildman–Crippen LogP) is 5.95. The molecule has 0 fully saturated rings. The van der Waals surface area contributed by atoms with Crippen LogP contribution in [0.1, 0.15) is 73.5 Å². The quantitative estimate of drug-likeness (QED) is 0.655. The Balaban J connectivity index is 1.94.